The van der Waals surface area contributed by atoms with Crippen LogP contribution in [0, 0.1) is 0 Å². The van der Waals surface area contributed by atoms with Gasteiger partial charge in [0.1, 0.15) is 0 Å². The van der Waals surface area contributed by atoms with Crippen molar-refractivity contribution in [1.29, 1.82) is 0 Å². The molecule has 0 radical (unpaired) electrons. The maximum absolute atomic E-state index is 12.5. The van der Waals surface area contributed by atoms with Crippen LogP contribution in [0.2, 0.25) is 0 Å². The molecule has 0 aromatic heterocycles. The van der Waals surface area contributed by atoms with E-state index >= 15 is 0 Å². The second-order valence-corrected chi connectivity index (χ2v) is 6.32. The lowest BCUT2D eigenvalue weighted by Gasteiger charge is -2.21. The van der Waals surface area contributed by atoms with E-state index in [1.807, 2.05) is 43.3 Å². The molecule has 2 aromatic rings. The second kappa shape index (κ2) is 9.07. The van der Waals surface area contributed by atoms with Gasteiger partial charge in [-0.3, -0.25) is 9.59 Å². The third-order valence-corrected chi connectivity index (χ3v) is 4.43. The highest BCUT2D eigenvalue weighted by molar-refractivity contribution is 5.94. The summed E-state index contributed by atoms with van der Waals surface area (Å²) < 4.78 is 10.7. The fraction of sp³-hybridized carbons (Fsp3) is 0.333. The molecular weight excluding hydrogens is 344 g/mol. The van der Waals surface area contributed by atoms with Crippen LogP contribution in [0.3, 0.4) is 0 Å². The van der Waals surface area contributed by atoms with Crippen molar-refractivity contribution in [2.75, 3.05) is 19.9 Å². The van der Waals surface area contributed by atoms with Gasteiger partial charge in [0.05, 0.1) is 0 Å². The van der Waals surface area contributed by atoms with Gasteiger partial charge in [0, 0.05) is 31.6 Å². The summed E-state index contributed by atoms with van der Waals surface area (Å²) in [5, 5.41) is 2.85. The molecule has 0 spiro atoms. The lowest BCUT2D eigenvalue weighted by atomic mass is 10.1. The first-order chi connectivity index (χ1) is 13.2. The number of hydrogen-bond donors (Lipinski definition) is 1. The summed E-state index contributed by atoms with van der Waals surface area (Å²) in [5.41, 5.74) is 1.63. The zero-order chi connectivity index (χ0) is 19.1. The van der Waals surface area contributed by atoms with Crippen LogP contribution in [0.1, 0.15) is 35.7 Å². The Morgan fingerprint density at radius 1 is 1.07 bits per heavy atom. The second-order valence-electron chi connectivity index (χ2n) is 6.32. The van der Waals surface area contributed by atoms with Crippen molar-refractivity contribution in [3.63, 3.8) is 0 Å². The third-order valence-electron chi connectivity index (χ3n) is 4.43. The topological polar surface area (TPSA) is 67.9 Å². The largest absolute Gasteiger partial charge is 0.454 e. The van der Waals surface area contributed by atoms with Crippen LogP contribution in [0.4, 0.5) is 0 Å². The molecular formula is C21H24N2O4. The Morgan fingerprint density at radius 2 is 1.85 bits per heavy atom. The molecule has 3 rings (SSSR count). The minimum atomic E-state index is -0.115. The zero-order valence-corrected chi connectivity index (χ0v) is 15.4. The van der Waals surface area contributed by atoms with Crippen LogP contribution in [-0.2, 0) is 11.3 Å². The Kier molecular flexibility index (Phi) is 6.30. The molecule has 6 nitrogen and oxygen atoms in total. The number of amides is 2. The molecule has 1 heterocycles. The van der Waals surface area contributed by atoms with Crippen molar-refractivity contribution in [2.45, 2.75) is 26.3 Å². The molecule has 1 N–H and O–H groups in total. The number of carbonyl (C=O) groups excluding carboxylic acids is 2. The molecule has 27 heavy (non-hydrogen) atoms. The fourth-order valence-electron chi connectivity index (χ4n) is 2.93. The van der Waals surface area contributed by atoms with Crippen molar-refractivity contribution >= 4 is 11.8 Å². The fourth-order valence-corrected chi connectivity index (χ4v) is 2.93. The summed E-state index contributed by atoms with van der Waals surface area (Å²) in [5.74, 6) is 1.42. The molecule has 0 saturated heterocycles. The van der Waals surface area contributed by atoms with E-state index in [0.717, 1.165) is 17.1 Å². The van der Waals surface area contributed by atoms with E-state index in [2.05, 4.69) is 5.32 Å². The number of nitrogens with one attached hydrogen (secondary N) is 1. The quantitative estimate of drug-likeness (QED) is 0.728. The van der Waals surface area contributed by atoms with Crippen molar-refractivity contribution in [2.24, 2.45) is 0 Å². The van der Waals surface area contributed by atoms with E-state index in [9.17, 15) is 9.59 Å². The first-order valence-corrected chi connectivity index (χ1v) is 9.17. The van der Waals surface area contributed by atoms with Gasteiger partial charge >= 0.3 is 0 Å². The highest BCUT2D eigenvalue weighted by atomic mass is 16.7. The molecule has 0 aliphatic carbocycles. The molecule has 0 bridgehead atoms. The molecule has 0 unspecified atom stereocenters. The van der Waals surface area contributed by atoms with Gasteiger partial charge in [0.25, 0.3) is 5.91 Å². The van der Waals surface area contributed by atoms with Crippen LogP contribution < -0.4 is 14.8 Å². The lowest BCUT2D eigenvalue weighted by Crippen LogP contribution is -2.31. The Balaban J connectivity index is 1.44. The van der Waals surface area contributed by atoms with Crippen LogP contribution in [-0.4, -0.2) is 36.6 Å². The standard InChI is InChI=1S/C21H24N2O4/c1-2-23(14-16-10-11-18-19(13-16)27-15-26-18)20(24)9-6-12-22-21(25)17-7-4-3-5-8-17/h3-5,7-8,10-11,13H,2,6,9,12,14-15H2,1H3,(H,22,25). The average molecular weight is 368 g/mol. The van der Waals surface area contributed by atoms with Crippen LogP contribution in [0.5, 0.6) is 11.5 Å². The molecule has 6 heteroatoms. The number of fused-ring (bicyclic) bond motifs is 1. The van der Waals surface area contributed by atoms with Gasteiger partial charge in [-0.15, -0.1) is 0 Å². The molecule has 0 saturated carbocycles. The Labute approximate surface area is 159 Å². The zero-order valence-electron chi connectivity index (χ0n) is 15.4. The first kappa shape index (κ1) is 18.8. The molecule has 0 fully saturated rings. The minimum absolute atomic E-state index is 0.0733. The van der Waals surface area contributed by atoms with E-state index in [1.54, 1.807) is 17.0 Å². The number of benzene rings is 2. The molecule has 1 aliphatic rings. The Bertz CT molecular complexity index is 792. The molecule has 2 amide bonds. The SMILES string of the molecule is CCN(Cc1ccc2c(c1)OCO2)C(=O)CCCNC(=O)c1ccccc1. The number of ether oxygens (including phenoxy) is 2. The summed E-state index contributed by atoms with van der Waals surface area (Å²) in [6.45, 7) is 3.83. The maximum Gasteiger partial charge on any atom is 0.251 e. The van der Waals surface area contributed by atoms with Gasteiger partial charge in [0.2, 0.25) is 12.7 Å². The number of rotatable bonds is 8. The molecule has 2 aromatic carbocycles. The van der Waals surface area contributed by atoms with Crippen LogP contribution in [0.15, 0.2) is 48.5 Å². The summed E-state index contributed by atoms with van der Waals surface area (Å²) in [6, 6.07) is 14.8. The number of carbonyl (C=O) groups is 2. The van der Waals surface area contributed by atoms with Gasteiger partial charge in [-0.2, -0.15) is 0 Å². The summed E-state index contributed by atoms with van der Waals surface area (Å²) in [7, 11) is 0. The van der Waals surface area contributed by atoms with Crippen LogP contribution in [0.25, 0.3) is 0 Å². The molecule has 0 atom stereocenters. The number of nitrogens with zero attached hydrogens (tertiary/aromatic N) is 1. The maximum atomic E-state index is 12.5. The van der Waals surface area contributed by atoms with Crippen molar-refractivity contribution in [3.05, 3.63) is 59.7 Å². The lowest BCUT2D eigenvalue weighted by molar-refractivity contribution is -0.131. The highest BCUT2D eigenvalue weighted by Crippen LogP contribution is 2.32. The number of hydrogen-bond acceptors (Lipinski definition) is 4. The van der Waals surface area contributed by atoms with E-state index in [0.29, 0.717) is 38.0 Å². The highest BCUT2D eigenvalue weighted by Gasteiger charge is 2.16. The summed E-state index contributed by atoms with van der Waals surface area (Å²) >= 11 is 0. The van der Waals surface area contributed by atoms with Crippen molar-refractivity contribution in [3.8, 4) is 11.5 Å². The predicted octanol–water partition coefficient (Wildman–Crippen LogP) is 2.97. The first-order valence-electron chi connectivity index (χ1n) is 9.17. The summed E-state index contributed by atoms with van der Waals surface area (Å²) in [4.78, 5) is 26.3. The van der Waals surface area contributed by atoms with E-state index in [4.69, 9.17) is 9.47 Å². The van der Waals surface area contributed by atoms with Gasteiger partial charge in [-0.25, -0.2) is 0 Å². The normalized spacial score (nSPS) is 11.9. The van der Waals surface area contributed by atoms with Gasteiger partial charge in [-0.05, 0) is 43.2 Å². The monoisotopic (exact) mass is 368 g/mol. The molecule has 142 valence electrons. The van der Waals surface area contributed by atoms with Gasteiger partial charge in [-0.1, -0.05) is 24.3 Å². The van der Waals surface area contributed by atoms with E-state index in [1.165, 1.54) is 0 Å². The Hall–Kier alpha value is -3.02. The van der Waals surface area contributed by atoms with Crippen molar-refractivity contribution < 1.29 is 19.1 Å². The Morgan fingerprint density at radius 3 is 2.63 bits per heavy atom. The van der Waals surface area contributed by atoms with Gasteiger partial charge < -0.3 is 19.7 Å². The van der Waals surface area contributed by atoms with Gasteiger partial charge in [0.15, 0.2) is 11.5 Å². The third kappa shape index (κ3) is 5.00. The minimum Gasteiger partial charge on any atom is -0.454 e. The van der Waals surface area contributed by atoms with E-state index < -0.39 is 0 Å². The van der Waals surface area contributed by atoms with Crippen molar-refractivity contribution in [1.82, 2.24) is 10.2 Å². The molecule has 1 aliphatic heterocycles. The predicted molar refractivity (Wildman–Crippen MR) is 102 cm³/mol. The van der Waals surface area contributed by atoms with E-state index in [-0.39, 0.29) is 18.6 Å². The smallest absolute Gasteiger partial charge is 0.251 e. The van der Waals surface area contributed by atoms with Crippen LogP contribution >= 0.6 is 0 Å². The average Bonchev–Trinajstić information content (AvgIpc) is 3.17. The summed E-state index contributed by atoms with van der Waals surface area (Å²) in [6.07, 6.45) is 1.00.